The van der Waals surface area contributed by atoms with E-state index in [1.54, 1.807) is 6.26 Å². The third-order valence-electron chi connectivity index (χ3n) is 5.56. The van der Waals surface area contributed by atoms with Gasteiger partial charge >= 0.3 is 0 Å². The molecule has 4 rings (SSSR count). The summed E-state index contributed by atoms with van der Waals surface area (Å²) < 4.78 is 5.65. The maximum absolute atomic E-state index is 5.65. The zero-order chi connectivity index (χ0) is 21.5. The van der Waals surface area contributed by atoms with E-state index in [9.17, 15) is 0 Å². The number of hydrogen-bond donors (Lipinski definition) is 2. The lowest BCUT2D eigenvalue weighted by Crippen LogP contribution is -2.40. The van der Waals surface area contributed by atoms with Gasteiger partial charge in [0.2, 0.25) is 5.89 Å². The highest BCUT2D eigenvalue weighted by Crippen LogP contribution is 2.23. The molecule has 1 aromatic heterocycles. The van der Waals surface area contributed by atoms with E-state index in [-0.39, 0.29) is 24.0 Å². The molecule has 1 aliphatic rings. The van der Waals surface area contributed by atoms with E-state index in [2.05, 4.69) is 76.8 Å². The minimum Gasteiger partial charge on any atom is -0.444 e. The molecule has 2 aromatic carbocycles. The van der Waals surface area contributed by atoms with Gasteiger partial charge in [0.25, 0.3) is 0 Å². The zero-order valence-electron chi connectivity index (χ0n) is 18.8. The molecule has 170 valence electrons. The lowest BCUT2D eigenvalue weighted by molar-refractivity contribution is 0.565. The number of hydrogen-bond acceptors (Lipinski definition) is 4. The average molecular weight is 545 g/mol. The van der Waals surface area contributed by atoms with Crippen molar-refractivity contribution >= 4 is 35.6 Å². The maximum Gasteiger partial charge on any atom is 0.226 e. The highest BCUT2D eigenvalue weighted by molar-refractivity contribution is 14.0. The van der Waals surface area contributed by atoms with Gasteiger partial charge in [0.1, 0.15) is 12.0 Å². The molecule has 2 heterocycles. The number of aryl methyl sites for hydroxylation is 1. The summed E-state index contributed by atoms with van der Waals surface area (Å²) in [5.41, 5.74) is 4.33. The summed E-state index contributed by atoms with van der Waals surface area (Å²) in [6, 6.07) is 18.8. The SMILES string of the molecule is CCNC(=NCc1coc(-c2ccc(C)cc2)n1)NCC1CCN(c2ccccc2)C1.I. The van der Waals surface area contributed by atoms with Crippen molar-refractivity contribution in [2.45, 2.75) is 26.8 Å². The molecule has 0 aliphatic carbocycles. The Balaban J connectivity index is 0.00000289. The monoisotopic (exact) mass is 545 g/mol. The van der Waals surface area contributed by atoms with Gasteiger partial charge in [0.15, 0.2) is 5.96 Å². The summed E-state index contributed by atoms with van der Waals surface area (Å²) >= 11 is 0. The van der Waals surface area contributed by atoms with Crippen LogP contribution < -0.4 is 15.5 Å². The number of nitrogens with one attached hydrogen (secondary N) is 2. The molecule has 0 spiro atoms. The van der Waals surface area contributed by atoms with Crippen LogP contribution in [0.15, 0.2) is 70.3 Å². The van der Waals surface area contributed by atoms with Crippen LogP contribution >= 0.6 is 24.0 Å². The summed E-state index contributed by atoms with van der Waals surface area (Å²) in [4.78, 5) is 11.7. The van der Waals surface area contributed by atoms with Gasteiger partial charge in [0, 0.05) is 37.4 Å². The van der Waals surface area contributed by atoms with Crippen molar-refractivity contribution in [2.24, 2.45) is 10.9 Å². The molecule has 1 atom stereocenters. The first-order valence-corrected chi connectivity index (χ1v) is 11.0. The van der Waals surface area contributed by atoms with E-state index < -0.39 is 0 Å². The molecule has 32 heavy (non-hydrogen) atoms. The van der Waals surface area contributed by atoms with Crippen molar-refractivity contribution in [3.8, 4) is 11.5 Å². The van der Waals surface area contributed by atoms with Gasteiger partial charge in [-0.3, -0.25) is 0 Å². The van der Waals surface area contributed by atoms with Crippen molar-refractivity contribution in [3.05, 3.63) is 72.1 Å². The Labute approximate surface area is 207 Å². The Bertz CT molecular complexity index is 987. The van der Waals surface area contributed by atoms with Gasteiger partial charge < -0.3 is 20.0 Å². The maximum atomic E-state index is 5.65. The highest BCUT2D eigenvalue weighted by Gasteiger charge is 2.22. The number of rotatable bonds is 7. The quantitative estimate of drug-likeness (QED) is 0.253. The molecule has 1 saturated heterocycles. The fourth-order valence-electron chi connectivity index (χ4n) is 3.82. The molecule has 1 fully saturated rings. The van der Waals surface area contributed by atoms with Crippen LogP contribution in [0.3, 0.4) is 0 Å². The predicted molar refractivity (Wildman–Crippen MR) is 142 cm³/mol. The number of guanidine groups is 1. The van der Waals surface area contributed by atoms with E-state index in [0.29, 0.717) is 18.4 Å². The molecule has 7 heteroatoms. The first-order chi connectivity index (χ1) is 15.2. The third kappa shape index (κ3) is 6.48. The van der Waals surface area contributed by atoms with Gasteiger partial charge in [-0.05, 0) is 50.5 Å². The fraction of sp³-hybridized carbons (Fsp3) is 0.360. The summed E-state index contributed by atoms with van der Waals surface area (Å²) in [5.74, 6) is 2.06. The largest absolute Gasteiger partial charge is 0.444 e. The second kappa shape index (κ2) is 11.9. The molecule has 6 nitrogen and oxygen atoms in total. The molecule has 1 aliphatic heterocycles. The van der Waals surface area contributed by atoms with Crippen LogP contribution in [0.1, 0.15) is 24.6 Å². The van der Waals surface area contributed by atoms with Crippen molar-refractivity contribution < 1.29 is 4.42 Å². The summed E-state index contributed by atoms with van der Waals surface area (Å²) in [6.45, 7) is 8.52. The summed E-state index contributed by atoms with van der Waals surface area (Å²) in [5, 5.41) is 6.83. The zero-order valence-corrected chi connectivity index (χ0v) is 21.1. The van der Waals surface area contributed by atoms with Crippen LogP contribution in [0.25, 0.3) is 11.5 Å². The molecular weight excluding hydrogens is 513 g/mol. The van der Waals surface area contributed by atoms with Crippen LogP contribution in [0.2, 0.25) is 0 Å². The van der Waals surface area contributed by atoms with Gasteiger partial charge in [-0.25, -0.2) is 9.98 Å². The van der Waals surface area contributed by atoms with Crippen molar-refractivity contribution in [2.75, 3.05) is 31.1 Å². The smallest absolute Gasteiger partial charge is 0.226 e. The standard InChI is InChI=1S/C25H31N5O.HI/c1-3-26-25(27-15-20-13-14-30(17-20)23-7-5-4-6-8-23)28-16-22-18-31-24(29-22)21-11-9-19(2)10-12-21;/h4-12,18,20H,3,13-17H2,1-2H3,(H2,26,27,28);1H. The van der Waals surface area contributed by atoms with Crippen LogP contribution in [-0.4, -0.2) is 37.1 Å². The number of oxazole rings is 1. The van der Waals surface area contributed by atoms with Crippen LogP contribution in [0.4, 0.5) is 5.69 Å². The number of halogens is 1. The topological polar surface area (TPSA) is 65.7 Å². The van der Waals surface area contributed by atoms with E-state index in [1.807, 2.05) is 12.1 Å². The van der Waals surface area contributed by atoms with E-state index in [0.717, 1.165) is 43.4 Å². The Morgan fingerprint density at radius 3 is 2.66 bits per heavy atom. The molecule has 0 amide bonds. The summed E-state index contributed by atoms with van der Waals surface area (Å²) in [7, 11) is 0. The van der Waals surface area contributed by atoms with Gasteiger partial charge in [-0.2, -0.15) is 0 Å². The fourth-order valence-corrected chi connectivity index (χ4v) is 3.82. The minimum absolute atomic E-state index is 0. The van der Waals surface area contributed by atoms with Crippen molar-refractivity contribution in [1.29, 1.82) is 0 Å². The first-order valence-electron chi connectivity index (χ1n) is 11.0. The Morgan fingerprint density at radius 1 is 1.12 bits per heavy atom. The Hall–Kier alpha value is -2.55. The number of benzene rings is 2. The summed E-state index contributed by atoms with van der Waals surface area (Å²) in [6.07, 6.45) is 2.88. The molecule has 0 radical (unpaired) electrons. The Kier molecular flexibility index (Phi) is 8.96. The molecule has 0 saturated carbocycles. The van der Waals surface area contributed by atoms with Crippen molar-refractivity contribution in [1.82, 2.24) is 15.6 Å². The van der Waals surface area contributed by atoms with Crippen LogP contribution in [0.5, 0.6) is 0 Å². The van der Waals surface area contributed by atoms with Gasteiger partial charge in [0.05, 0.1) is 6.54 Å². The van der Waals surface area contributed by atoms with E-state index in [1.165, 1.54) is 17.7 Å². The molecule has 1 unspecified atom stereocenters. The van der Waals surface area contributed by atoms with Gasteiger partial charge in [-0.15, -0.1) is 24.0 Å². The number of anilines is 1. The molecular formula is C25H32IN5O. The lowest BCUT2D eigenvalue weighted by Gasteiger charge is -2.19. The number of aliphatic imine (C=N–C) groups is 1. The average Bonchev–Trinajstić information content (AvgIpc) is 3.47. The first kappa shape index (κ1) is 24.1. The second-order valence-electron chi connectivity index (χ2n) is 8.02. The van der Waals surface area contributed by atoms with Crippen molar-refractivity contribution in [3.63, 3.8) is 0 Å². The lowest BCUT2D eigenvalue weighted by atomic mass is 10.1. The minimum atomic E-state index is 0. The van der Waals surface area contributed by atoms with Crippen LogP contribution in [0, 0.1) is 12.8 Å². The van der Waals surface area contributed by atoms with E-state index in [4.69, 9.17) is 9.41 Å². The predicted octanol–water partition coefficient (Wildman–Crippen LogP) is 4.85. The second-order valence-corrected chi connectivity index (χ2v) is 8.02. The number of aromatic nitrogens is 1. The normalized spacial score (nSPS) is 16.0. The molecule has 2 N–H and O–H groups in total. The molecule has 3 aromatic rings. The number of para-hydroxylation sites is 1. The third-order valence-corrected chi connectivity index (χ3v) is 5.56. The number of nitrogens with zero attached hydrogens (tertiary/aromatic N) is 3. The highest BCUT2D eigenvalue weighted by atomic mass is 127. The Morgan fingerprint density at radius 2 is 1.91 bits per heavy atom. The van der Waals surface area contributed by atoms with Crippen LogP contribution in [-0.2, 0) is 6.54 Å². The van der Waals surface area contributed by atoms with Gasteiger partial charge in [-0.1, -0.05) is 35.9 Å². The molecule has 0 bridgehead atoms. The van der Waals surface area contributed by atoms with E-state index >= 15 is 0 Å².